The number of rotatable bonds is 9. The summed E-state index contributed by atoms with van der Waals surface area (Å²) in [5.74, 6) is 1.01. The summed E-state index contributed by atoms with van der Waals surface area (Å²) in [7, 11) is 1.64. The summed E-state index contributed by atoms with van der Waals surface area (Å²) in [5, 5.41) is 10.5. The van der Waals surface area contributed by atoms with Crippen LogP contribution in [0.2, 0.25) is 0 Å². The topological polar surface area (TPSA) is 55.8 Å². The molecular weight excluding hydrogens is 316 g/mol. The summed E-state index contributed by atoms with van der Waals surface area (Å²) in [6.07, 6.45) is -0.653. The number of ketones is 1. The first-order valence-electron chi connectivity index (χ1n) is 9.02. The molecule has 0 radical (unpaired) electrons. The van der Waals surface area contributed by atoms with Crippen molar-refractivity contribution in [2.24, 2.45) is 17.3 Å². The van der Waals surface area contributed by atoms with Crippen LogP contribution in [0, 0.1) is 17.3 Å². The maximum absolute atomic E-state index is 12.2. The van der Waals surface area contributed by atoms with Gasteiger partial charge >= 0.3 is 0 Å². The monoisotopic (exact) mass is 350 g/mol. The van der Waals surface area contributed by atoms with E-state index in [0.29, 0.717) is 6.61 Å². The third kappa shape index (κ3) is 6.79. The van der Waals surface area contributed by atoms with Crippen molar-refractivity contribution in [3.8, 4) is 5.75 Å². The molecule has 0 aliphatic rings. The van der Waals surface area contributed by atoms with Crippen molar-refractivity contribution < 1.29 is 19.4 Å². The van der Waals surface area contributed by atoms with Crippen LogP contribution in [0.4, 0.5) is 0 Å². The Morgan fingerprint density at radius 1 is 1.12 bits per heavy atom. The molecule has 0 aromatic heterocycles. The SMILES string of the molecule is COc1ccc(CO[C@H](C(C)C)[C@@H](C)[C@@H](O)CC(=O)C(C)(C)C)cc1. The van der Waals surface area contributed by atoms with E-state index in [0.717, 1.165) is 11.3 Å². The van der Waals surface area contributed by atoms with Crippen molar-refractivity contribution in [1.82, 2.24) is 0 Å². The molecule has 25 heavy (non-hydrogen) atoms. The predicted octanol–water partition coefficient (Wildman–Crippen LogP) is 4.24. The van der Waals surface area contributed by atoms with E-state index in [9.17, 15) is 9.90 Å². The Morgan fingerprint density at radius 3 is 2.12 bits per heavy atom. The summed E-state index contributed by atoms with van der Waals surface area (Å²) < 4.78 is 11.3. The smallest absolute Gasteiger partial charge is 0.140 e. The third-order valence-electron chi connectivity index (χ3n) is 4.61. The average Bonchev–Trinajstić information content (AvgIpc) is 2.54. The van der Waals surface area contributed by atoms with Crippen LogP contribution < -0.4 is 4.74 Å². The molecule has 142 valence electrons. The highest BCUT2D eigenvalue weighted by Crippen LogP contribution is 2.26. The molecule has 0 bridgehead atoms. The zero-order valence-corrected chi connectivity index (χ0v) is 16.7. The number of Topliss-reactive ketones (excluding diaryl/α,β-unsaturated/α-hetero) is 1. The minimum atomic E-state index is -0.699. The Kier molecular flexibility index (Phi) is 8.10. The van der Waals surface area contributed by atoms with Crippen molar-refractivity contribution in [2.45, 2.75) is 66.8 Å². The van der Waals surface area contributed by atoms with Crippen LogP contribution in [-0.2, 0) is 16.1 Å². The molecule has 3 atom stereocenters. The minimum absolute atomic E-state index is 0.0736. The lowest BCUT2D eigenvalue weighted by Gasteiger charge is -2.32. The molecule has 1 aromatic rings. The summed E-state index contributed by atoms with van der Waals surface area (Å²) >= 11 is 0. The Bertz CT molecular complexity index is 528. The number of ether oxygens (including phenoxy) is 2. The number of carbonyl (C=O) groups is 1. The molecule has 0 saturated carbocycles. The molecule has 1 rings (SSSR count). The van der Waals surface area contributed by atoms with E-state index >= 15 is 0 Å². The highest BCUT2D eigenvalue weighted by atomic mass is 16.5. The number of hydrogen-bond donors (Lipinski definition) is 1. The van der Waals surface area contributed by atoms with Crippen LogP contribution in [0.1, 0.15) is 53.5 Å². The van der Waals surface area contributed by atoms with Gasteiger partial charge in [-0.1, -0.05) is 53.7 Å². The summed E-state index contributed by atoms with van der Waals surface area (Å²) in [4.78, 5) is 12.2. The Hall–Kier alpha value is -1.39. The Balaban J connectivity index is 2.69. The lowest BCUT2D eigenvalue weighted by Crippen LogP contribution is -2.38. The normalized spacial score (nSPS) is 15.7. The fraction of sp³-hybridized carbons (Fsp3) is 0.667. The molecule has 1 N–H and O–H groups in total. The van der Waals surface area contributed by atoms with Crippen LogP contribution in [0.3, 0.4) is 0 Å². The fourth-order valence-corrected chi connectivity index (χ4v) is 2.77. The van der Waals surface area contributed by atoms with Crippen molar-refractivity contribution in [2.75, 3.05) is 7.11 Å². The van der Waals surface area contributed by atoms with E-state index in [4.69, 9.17) is 9.47 Å². The number of aliphatic hydroxyl groups is 1. The van der Waals surface area contributed by atoms with Crippen molar-refractivity contribution in [1.29, 1.82) is 0 Å². The second-order valence-corrected chi connectivity index (χ2v) is 8.17. The summed E-state index contributed by atoms with van der Waals surface area (Å²) in [5.41, 5.74) is 0.622. The van der Waals surface area contributed by atoms with Gasteiger partial charge in [0.15, 0.2) is 0 Å². The van der Waals surface area contributed by atoms with Crippen LogP contribution in [-0.4, -0.2) is 30.2 Å². The van der Waals surface area contributed by atoms with Crippen LogP contribution >= 0.6 is 0 Å². The van der Waals surface area contributed by atoms with E-state index in [1.165, 1.54) is 0 Å². The second-order valence-electron chi connectivity index (χ2n) is 8.17. The molecule has 4 nitrogen and oxygen atoms in total. The molecule has 0 unspecified atom stereocenters. The van der Waals surface area contributed by atoms with Gasteiger partial charge in [0.05, 0.1) is 25.9 Å². The van der Waals surface area contributed by atoms with Crippen LogP contribution in [0.5, 0.6) is 5.75 Å². The van der Waals surface area contributed by atoms with Gasteiger partial charge in [0.1, 0.15) is 11.5 Å². The van der Waals surface area contributed by atoms with Gasteiger partial charge in [0.2, 0.25) is 0 Å². The van der Waals surface area contributed by atoms with Crippen LogP contribution in [0.15, 0.2) is 24.3 Å². The second kappa shape index (κ2) is 9.35. The first-order valence-corrected chi connectivity index (χ1v) is 9.02. The lowest BCUT2D eigenvalue weighted by molar-refractivity contribution is -0.130. The van der Waals surface area contributed by atoms with Gasteiger partial charge in [0.25, 0.3) is 0 Å². The van der Waals surface area contributed by atoms with E-state index in [1.54, 1.807) is 7.11 Å². The Labute approximate surface area is 152 Å². The molecule has 0 aliphatic heterocycles. The number of benzene rings is 1. The molecular formula is C21H34O4. The van der Waals surface area contributed by atoms with Gasteiger partial charge in [-0.05, 0) is 23.6 Å². The van der Waals surface area contributed by atoms with E-state index in [2.05, 4.69) is 13.8 Å². The third-order valence-corrected chi connectivity index (χ3v) is 4.61. The fourth-order valence-electron chi connectivity index (χ4n) is 2.77. The first kappa shape index (κ1) is 21.7. The van der Waals surface area contributed by atoms with Crippen molar-refractivity contribution in [3.63, 3.8) is 0 Å². The van der Waals surface area contributed by atoms with E-state index in [1.807, 2.05) is 52.0 Å². The number of carbonyl (C=O) groups excluding carboxylic acids is 1. The highest BCUT2D eigenvalue weighted by molar-refractivity contribution is 5.84. The minimum Gasteiger partial charge on any atom is -0.497 e. The molecule has 0 fully saturated rings. The van der Waals surface area contributed by atoms with Gasteiger partial charge in [-0.25, -0.2) is 0 Å². The summed E-state index contributed by atoms with van der Waals surface area (Å²) in [6.45, 7) is 12.2. The zero-order chi connectivity index (χ0) is 19.2. The van der Waals surface area contributed by atoms with Gasteiger partial charge in [0, 0.05) is 17.8 Å². The maximum Gasteiger partial charge on any atom is 0.140 e. The predicted molar refractivity (Wildman–Crippen MR) is 101 cm³/mol. The number of methoxy groups -OCH3 is 1. The maximum atomic E-state index is 12.2. The first-order chi connectivity index (χ1) is 11.6. The van der Waals surface area contributed by atoms with Crippen molar-refractivity contribution >= 4 is 5.78 Å². The highest BCUT2D eigenvalue weighted by Gasteiger charge is 2.31. The molecule has 0 amide bonds. The number of aliphatic hydroxyl groups excluding tert-OH is 1. The Morgan fingerprint density at radius 2 is 1.68 bits per heavy atom. The average molecular weight is 350 g/mol. The quantitative estimate of drug-likeness (QED) is 0.724. The zero-order valence-electron chi connectivity index (χ0n) is 16.7. The number of hydrogen-bond acceptors (Lipinski definition) is 4. The van der Waals surface area contributed by atoms with Crippen molar-refractivity contribution in [3.05, 3.63) is 29.8 Å². The van der Waals surface area contributed by atoms with Gasteiger partial charge in [-0.2, -0.15) is 0 Å². The molecule has 1 aromatic carbocycles. The molecule has 0 aliphatic carbocycles. The van der Waals surface area contributed by atoms with Gasteiger partial charge in [-0.3, -0.25) is 4.79 Å². The van der Waals surface area contributed by atoms with E-state index in [-0.39, 0.29) is 30.1 Å². The summed E-state index contributed by atoms with van der Waals surface area (Å²) in [6, 6.07) is 7.76. The van der Waals surface area contributed by atoms with Gasteiger partial charge in [-0.15, -0.1) is 0 Å². The molecule has 4 heteroatoms. The van der Waals surface area contributed by atoms with Crippen LogP contribution in [0.25, 0.3) is 0 Å². The molecule has 0 spiro atoms. The lowest BCUT2D eigenvalue weighted by atomic mass is 9.82. The van der Waals surface area contributed by atoms with E-state index < -0.39 is 11.5 Å². The molecule has 0 saturated heterocycles. The standard InChI is InChI=1S/C21H34O4/c1-14(2)20(15(3)18(22)12-19(23)21(4,5)6)25-13-16-8-10-17(24-7)11-9-16/h8-11,14-15,18,20,22H,12-13H2,1-7H3/t15-,18-,20+/m0/s1. The molecule has 0 heterocycles. The largest absolute Gasteiger partial charge is 0.497 e. The van der Waals surface area contributed by atoms with Gasteiger partial charge < -0.3 is 14.6 Å².